The molecule has 1 aromatic carbocycles. The highest BCUT2D eigenvalue weighted by atomic mass is 16.5. The summed E-state index contributed by atoms with van der Waals surface area (Å²) in [6.45, 7) is 10.8. The van der Waals surface area contributed by atoms with Crippen molar-refractivity contribution in [1.82, 2.24) is 15.5 Å². The second-order valence-corrected chi connectivity index (χ2v) is 7.90. The van der Waals surface area contributed by atoms with Crippen LogP contribution < -0.4 is 10.6 Å². The summed E-state index contributed by atoms with van der Waals surface area (Å²) in [6, 6.07) is 12.5. The van der Waals surface area contributed by atoms with Crippen LogP contribution in [0.1, 0.15) is 36.8 Å². The maximum absolute atomic E-state index is 10.7. The zero-order chi connectivity index (χ0) is 21.4. The Bertz CT molecular complexity index is 781. The normalized spacial score (nSPS) is 18.6. The molecule has 1 aliphatic heterocycles. The highest BCUT2D eigenvalue weighted by Crippen LogP contribution is 2.23. The van der Waals surface area contributed by atoms with Gasteiger partial charge >= 0.3 is 0 Å². The molecule has 0 aliphatic carbocycles. The number of benzene rings is 1. The summed E-state index contributed by atoms with van der Waals surface area (Å²) in [5.74, 6) is 1.18. The van der Waals surface area contributed by atoms with Crippen LogP contribution in [0.3, 0.4) is 0 Å². The lowest BCUT2D eigenvalue weighted by Crippen LogP contribution is -2.46. The molecule has 0 saturated carbocycles. The van der Waals surface area contributed by atoms with Gasteiger partial charge in [-0.25, -0.2) is 4.99 Å². The van der Waals surface area contributed by atoms with E-state index in [0.29, 0.717) is 18.3 Å². The minimum atomic E-state index is -1.16. The molecule has 2 heterocycles. The van der Waals surface area contributed by atoms with Crippen molar-refractivity contribution in [3.05, 3.63) is 59.5 Å². The number of furan rings is 1. The summed E-state index contributed by atoms with van der Waals surface area (Å²) in [6.07, 6.45) is 1.56. The summed E-state index contributed by atoms with van der Waals surface area (Å²) in [5, 5.41) is 17.4. The van der Waals surface area contributed by atoms with Gasteiger partial charge < -0.3 is 24.9 Å². The maximum Gasteiger partial charge on any atom is 0.191 e. The lowest BCUT2D eigenvalue weighted by molar-refractivity contribution is 0.0169. The summed E-state index contributed by atoms with van der Waals surface area (Å²) in [5.41, 5.74) is 1.36. The average Bonchev–Trinajstić information content (AvgIpc) is 3.30. The van der Waals surface area contributed by atoms with Gasteiger partial charge in [-0.2, -0.15) is 0 Å². The van der Waals surface area contributed by atoms with Crippen molar-refractivity contribution >= 4 is 5.96 Å². The topological polar surface area (TPSA) is 82.3 Å². The fourth-order valence-corrected chi connectivity index (χ4v) is 3.57. The van der Waals surface area contributed by atoms with E-state index in [1.54, 1.807) is 25.3 Å². The zero-order valence-corrected chi connectivity index (χ0v) is 18.2. The molecule has 1 saturated heterocycles. The van der Waals surface area contributed by atoms with Gasteiger partial charge in [-0.05, 0) is 38.5 Å². The number of aliphatic imine (C=N–C) groups is 1. The third kappa shape index (κ3) is 6.08. The maximum atomic E-state index is 10.7. The van der Waals surface area contributed by atoms with Crippen molar-refractivity contribution in [2.24, 2.45) is 4.99 Å². The van der Waals surface area contributed by atoms with E-state index in [1.165, 1.54) is 11.1 Å². The molecule has 7 nitrogen and oxygen atoms in total. The number of aryl methyl sites for hydroxylation is 1. The van der Waals surface area contributed by atoms with E-state index in [4.69, 9.17) is 9.15 Å². The molecule has 2 unspecified atom stereocenters. The summed E-state index contributed by atoms with van der Waals surface area (Å²) in [4.78, 5) is 7.06. The molecular formula is C23H34N4O3. The highest BCUT2D eigenvalue weighted by Gasteiger charge is 2.27. The molecule has 7 heteroatoms. The van der Waals surface area contributed by atoms with Crippen molar-refractivity contribution < 1.29 is 14.3 Å². The molecule has 1 aromatic heterocycles. The van der Waals surface area contributed by atoms with Crippen LogP contribution in [-0.4, -0.2) is 61.9 Å². The molecule has 2 aromatic rings. The highest BCUT2D eigenvalue weighted by molar-refractivity contribution is 5.79. The Labute approximate surface area is 179 Å². The number of nitrogens with zero attached hydrogens (tertiary/aromatic N) is 2. The number of rotatable bonds is 8. The first-order chi connectivity index (χ1) is 14.5. The Morgan fingerprint density at radius 1 is 1.20 bits per heavy atom. The van der Waals surface area contributed by atoms with Crippen LogP contribution in [0.5, 0.6) is 0 Å². The van der Waals surface area contributed by atoms with E-state index in [-0.39, 0.29) is 12.6 Å². The van der Waals surface area contributed by atoms with Gasteiger partial charge in [0.25, 0.3) is 0 Å². The van der Waals surface area contributed by atoms with Crippen LogP contribution in [0.4, 0.5) is 0 Å². The lowest BCUT2D eigenvalue weighted by Gasteiger charge is -2.35. The number of hydrogen-bond donors (Lipinski definition) is 3. The van der Waals surface area contributed by atoms with E-state index < -0.39 is 5.60 Å². The third-order valence-electron chi connectivity index (χ3n) is 5.35. The van der Waals surface area contributed by atoms with Crippen LogP contribution in [0.25, 0.3) is 0 Å². The van der Waals surface area contributed by atoms with E-state index in [0.717, 1.165) is 32.8 Å². The van der Waals surface area contributed by atoms with Crippen molar-refractivity contribution in [1.29, 1.82) is 0 Å². The average molecular weight is 415 g/mol. The van der Waals surface area contributed by atoms with Crippen molar-refractivity contribution in [2.45, 2.75) is 32.4 Å². The predicted octanol–water partition coefficient (Wildman–Crippen LogP) is 2.42. The van der Waals surface area contributed by atoms with Crippen LogP contribution in [0, 0.1) is 6.92 Å². The molecule has 0 bridgehead atoms. The Balaban J connectivity index is 1.71. The first kappa shape index (κ1) is 22.3. The van der Waals surface area contributed by atoms with Gasteiger partial charge in [0.1, 0.15) is 11.4 Å². The fraction of sp³-hybridized carbons (Fsp3) is 0.522. The second kappa shape index (κ2) is 10.6. The number of guanidine groups is 1. The van der Waals surface area contributed by atoms with E-state index in [1.807, 2.05) is 6.92 Å². The van der Waals surface area contributed by atoms with Gasteiger partial charge in [0.2, 0.25) is 0 Å². The van der Waals surface area contributed by atoms with Gasteiger partial charge in [0.05, 0.1) is 32.1 Å². The monoisotopic (exact) mass is 414 g/mol. The van der Waals surface area contributed by atoms with E-state index in [2.05, 4.69) is 51.7 Å². The van der Waals surface area contributed by atoms with Crippen LogP contribution in [0.2, 0.25) is 0 Å². The Hall–Kier alpha value is -2.35. The summed E-state index contributed by atoms with van der Waals surface area (Å²) in [7, 11) is 0. The largest absolute Gasteiger partial charge is 0.466 e. The summed E-state index contributed by atoms with van der Waals surface area (Å²) >= 11 is 0. The van der Waals surface area contributed by atoms with E-state index >= 15 is 0 Å². The van der Waals surface area contributed by atoms with Gasteiger partial charge in [-0.3, -0.25) is 4.90 Å². The Morgan fingerprint density at radius 2 is 1.93 bits per heavy atom. The smallest absolute Gasteiger partial charge is 0.191 e. The van der Waals surface area contributed by atoms with Crippen molar-refractivity contribution in [3.8, 4) is 0 Å². The van der Waals surface area contributed by atoms with Crippen LogP contribution in [0.15, 0.2) is 52.1 Å². The van der Waals surface area contributed by atoms with Gasteiger partial charge in [0, 0.05) is 26.2 Å². The standard InChI is InChI=1S/C23H34N4O3/c1-4-24-22(26-17-23(3,28)21-6-5-13-30-21)25-16-20(27-11-14-29-15-12-27)19-9-7-18(2)8-10-19/h5-10,13,20,28H,4,11-12,14-17H2,1-3H3,(H2,24,25,26). The van der Waals surface area contributed by atoms with Crippen molar-refractivity contribution in [3.63, 3.8) is 0 Å². The van der Waals surface area contributed by atoms with Gasteiger partial charge in [0.15, 0.2) is 5.96 Å². The number of hydrogen-bond acceptors (Lipinski definition) is 5. The van der Waals surface area contributed by atoms with Crippen molar-refractivity contribution in [2.75, 3.05) is 45.9 Å². The quantitative estimate of drug-likeness (QED) is 0.455. The Kier molecular flexibility index (Phi) is 7.90. The first-order valence-corrected chi connectivity index (χ1v) is 10.7. The number of aliphatic hydroxyl groups is 1. The van der Waals surface area contributed by atoms with E-state index in [9.17, 15) is 5.11 Å². The number of nitrogens with one attached hydrogen (secondary N) is 2. The van der Waals surface area contributed by atoms with Crippen LogP contribution >= 0.6 is 0 Å². The molecule has 0 spiro atoms. The first-order valence-electron chi connectivity index (χ1n) is 10.7. The molecule has 1 fully saturated rings. The number of morpholine rings is 1. The summed E-state index contributed by atoms with van der Waals surface area (Å²) < 4.78 is 10.9. The minimum Gasteiger partial charge on any atom is -0.466 e. The molecule has 3 rings (SSSR count). The second-order valence-electron chi connectivity index (χ2n) is 7.90. The molecule has 0 radical (unpaired) electrons. The lowest BCUT2D eigenvalue weighted by atomic mass is 10.0. The minimum absolute atomic E-state index is 0.197. The molecule has 3 N–H and O–H groups in total. The molecule has 2 atom stereocenters. The van der Waals surface area contributed by atoms with Gasteiger partial charge in [-0.1, -0.05) is 29.8 Å². The molecule has 1 aliphatic rings. The molecule has 164 valence electrons. The number of ether oxygens (including phenoxy) is 1. The zero-order valence-electron chi connectivity index (χ0n) is 18.2. The third-order valence-corrected chi connectivity index (χ3v) is 5.35. The molecule has 0 amide bonds. The Morgan fingerprint density at radius 3 is 2.57 bits per heavy atom. The van der Waals surface area contributed by atoms with Gasteiger partial charge in [-0.15, -0.1) is 0 Å². The predicted molar refractivity (Wildman–Crippen MR) is 119 cm³/mol. The molecule has 30 heavy (non-hydrogen) atoms. The SMILES string of the molecule is CCNC(=NCC(C)(O)c1ccco1)NCC(c1ccc(C)cc1)N1CCOCC1. The van der Waals surface area contributed by atoms with Crippen LogP contribution in [-0.2, 0) is 10.3 Å². The fourth-order valence-electron chi connectivity index (χ4n) is 3.57. The molecular weight excluding hydrogens is 380 g/mol.